The Hall–Kier alpha value is -0.960. The van der Waals surface area contributed by atoms with Gasteiger partial charge < -0.3 is 14.8 Å². The fourth-order valence-electron chi connectivity index (χ4n) is 2.69. The first-order valence-corrected chi connectivity index (χ1v) is 7.30. The van der Waals surface area contributed by atoms with Crippen molar-refractivity contribution in [2.24, 2.45) is 5.92 Å². The third-order valence-corrected chi connectivity index (χ3v) is 3.86. The van der Waals surface area contributed by atoms with E-state index in [1.54, 1.807) is 6.26 Å². The maximum Gasteiger partial charge on any atom is 0.193 e. The lowest BCUT2D eigenvalue weighted by Gasteiger charge is -2.21. The van der Waals surface area contributed by atoms with E-state index in [2.05, 4.69) is 12.2 Å². The molecular formula is C15H25NO2. The Kier molecular flexibility index (Phi) is 5.12. The van der Waals surface area contributed by atoms with E-state index in [4.69, 9.17) is 4.42 Å². The summed E-state index contributed by atoms with van der Waals surface area (Å²) in [5.74, 6) is 1.58. The van der Waals surface area contributed by atoms with Gasteiger partial charge in [0.2, 0.25) is 0 Å². The zero-order valence-electron chi connectivity index (χ0n) is 11.3. The second kappa shape index (κ2) is 6.83. The highest BCUT2D eigenvalue weighted by atomic mass is 16.3. The van der Waals surface area contributed by atoms with E-state index in [0.29, 0.717) is 0 Å². The molecule has 1 saturated carbocycles. The van der Waals surface area contributed by atoms with Gasteiger partial charge in [0, 0.05) is 18.2 Å². The van der Waals surface area contributed by atoms with Crippen molar-refractivity contribution in [3.05, 3.63) is 17.9 Å². The zero-order valence-corrected chi connectivity index (χ0v) is 11.3. The van der Waals surface area contributed by atoms with Gasteiger partial charge >= 0.3 is 0 Å². The molecule has 18 heavy (non-hydrogen) atoms. The van der Waals surface area contributed by atoms with E-state index in [1.807, 2.05) is 6.07 Å². The van der Waals surface area contributed by atoms with Crippen LogP contribution in [0.2, 0.25) is 0 Å². The molecule has 0 bridgehead atoms. The molecule has 1 aromatic rings. The van der Waals surface area contributed by atoms with Gasteiger partial charge in [-0.3, -0.25) is 0 Å². The Bertz CT molecular complexity index is 342. The fourth-order valence-corrected chi connectivity index (χ4v) is 2.69. The van der Waals surface area contributed by atoms with Crippen LogP contribution in [0.4, 0.5) is 5.88 Å². The summed E-state index contributed by atoms with van der Waals surface area (Å²) in [5.41, 5.74) is 0.892. The number of furan rings is 1. The molecular weight excluding hydrogens is 226 g/mol. The minimum Gasteiger partial charge on any atom is -0.449 e. The number of hydrogen-bond donors (Lipinski definition) is 2. The highest BCUT2D eigenvalue weighted by Gasteiger charge is 2.14. The van der Waals surface area contributed by atoms with Crippen LogP contribution in [0.25, 0.3) is 0 Å². The quantitative estimate of drug-likeness (QED) is 0.800. The van der Waals surface area contributed by atoms with E-state index in [9.17, 15) is 5.11 Å². The van der Waals surface area contributed by atoms with Gasteiger partial charge in [0.15, 0.2) is 5.88 Å². The summed E-state index contributed by atoms with van der Waals surface area (Å²) in [6.45, 7) is 3.07. The smallest absolute Gasteiger partial charge is 0.193 e. The summed E-state index contributed by atoms with van der Waals surface area (Å²) in [6.07, 6.45) is 9.85. The second-order valence-corrected chi connectivity index (χ2v) is 5.43. The monoisotopic (exact) mass is 251 g/mol. The molecule has 3 heteroatoms. The summed E-state index contributed by atoms with van der Waals surface area (Å²) >= 11 is 0. The van der Waals surface area contributed by atoms with Gasteiger partial charge in [-0.15, -0.1) is 0 Å². The minimum absolute atomic E-state index is 0.385. The third kappa shape index (κ3) is 3.77. The average molecular weight is 251 g/mol. The van der Waals surface area contributed by atoms with E-state index < -0.39 is 0 Å². The number of anilines is 1. The van der Waals surface area contributed by atoms with Crippen LogP contribution in [0.3, 0.4) is 0 Å². The van der Waals surface area contributed by atoms with E-state index >= 15 is 0 Å². The van der Waals surface area contributed by atoms with Crippen molar-refractivity contribution in [1.29, 1.82) is 0 Å². The van der Waals surface area contributed by atoms with Gasteiger partial charge in [0.1, 0.15) is 0 Å². The molecule has 0 amide bonds. The molecule has 0 saturated heterocycles. The summed E-state index contributed by atoms with van der Waals surface area (Å²) < 4.78 is 5.45. The molecule has 0 spiro atoms. The lowest BCUT2D eigenvalue weighted by Crippen LogP contribution is -2.16. The van der Waals surface area contributed by atoms with Crippen LogP contribution in [0.5, 0.6) is 0 Å². The molecule has 3 nitrogen and oxygen atoms in total. The number of nitrogens with one attached hydrogen (secondary N) is 1. The topological polar surface area (TPSA) is 45.4 Å². The molecule has 1 aliphatic carbocycles. The van der Waals surface area contributed by atoms with Gasteiger partial charge in [-0.05, 0) is 25.2 Å². The van der Waals surface area contributed by atoms with Crippen LogP contribution >= 0.6 is 0 Å². The second-order valence-electron chi connectivity index (χ2n) is 5.43. The molecule has 1 aliphatic rings. The van der Waals surface area contributed by atoms with Crippen LogP contribution in [0.15, 0.2) is 16.7 Å². The predicted molar refractivity (Wildman–Crippen MR) is 73.6 cm³/mol. The first-order valence-electron chi connectivity index (χ1n) is 7.30. The predicted octanol–water partition coefficient (Wildman–Crippen LogP) is 4.11. The van der Waals surface area contributed by atoms with Crippen LogP contribution in [-0.2, 0) is 0 Å². The number of aliphatic hydroxyl groups is 1. The van der Waals surface area contributed by atoms with E-state index in [0.717, 1.165) is 36.8 Å². The van der Waals surface area contributed by atoms with Gasteiger partial charge in [0.25, 0.3) is 0 Å². The summed E-state index contributed by atoms with van der Waals surface area (Å²) in [4.78, 5) is 0. The molecule has 1 fully saturated rings. The molecule has 1 unspecified atom stereocenters. The fraction of sp³-hybridized carbons (Fsp3) is 0.733. The van der Waals surface area contributed by atoms with Crippen LogP contribution < -0.4 is 5.32 Å². The minimum atomic E-state index is -0.385. The first-order chi connectivity index (χ1) is 8.79. The van der Waals surface area contributed by atoms with Crippen LogP contribution in [0.1, 0.15) is 63.5 Å². The molecule has 2 N–H and O–H groups in total. The molecule has 1 aromatic heterocycles. The van der Waals surface area contributed by atoms with Gasteiger partial charge in [-0.2, -0.15) is 0 Å². The van der Waals surface area contributed by atoms with Crippen molar-refractivity contribution < 1.29 is 9.52 Å². The number of aliphatic hydroxyl groups excluding tert-OH is 1. The van der Waals surface area contributed by atoms with Gasteiger partial charge in [-0.25, -0.2) is 0 Å². The Balaban J connectivity index is 1.79. The highest BCUT2D eigenvalue weighted by Crippen LogP contribution is 2.26. The molecule has 0 radical (unpaired) electrons. The van der Waals surface area contributed by atoms with Crippen molar-refractivity contribution in [2.45, 2.75) is 58.0 Å². The lowest BCUT2D eigenvalue weighted by molar-refractivity contribution is 0.165. The first kappa shape index (κ1) is 13.5. The summed E-state index contributed by atoms with van der Waals surface area (Å²) in [7, 11) is 0. The summed E-state index contributed by atoms with van der Waals surface area (Å²) in [6, 6.07) is 1.93. The van der Waals surface area contributed by atoms with Gasteiger partial charge in [0.05, 0.1) is 12.4 Å². The van der Waals surface area contributed by atoms with Crippen LogP contribution in [0, 0.1) is 5.92 Å². The average Bonchev–Trinajstić information content (AvgIpc) is 2.87. The third-order valence-electron chi connectivity index (χ3n) is 3.86. The van der Waals surface area contributed by atoms with Crippen molar-refractivity contribution in [2.75, 3.05) is 11.9 Å². The Labute approximate surface area is 110 Å². The highest BCUT2D eigenvalue weighted by molar-refractivity contribution is 5.35. The molecule has 1 heterocycles. The lowest BCUT2D eigenvalue weighted by atomic mass is 9.89. The Morgan fingerprint density at radius 1 is 1.39 bits per heavy atom. The van der Waals surface area contributed by atoms with Crippen molar-refractivity contribution >= 4 is 5.88 Å². The van der Waals surface area contributed by atoms with Crippen molar-refractivity contribution in [3.8, 4) is 0 Å². The summed E-state index contributed by atoms with van der Waals surface area (Å²) in [5, 5.41) is 13.2. The molecule has 0 aromatic carbocycles. The number of rotatable bonds is 6. The molecule has 1 atom stereocenters. The SMILES string of the molecule is CCCC(O)c1coc(NCC2CCCCC2)c1. The standard InChI is InChI=1S/C15H25NO2/c1-2-6-14(17)13-9-15(18-11-13)16-10-12-7-4-3-5-8-12/h9,11-12,14,16-17H,2-8,10H2,1H3. The van der Waals surface area contributed by atoms with Crippen molar-refractivity contribution in [3.63, 3.8) is 0 Å². The maximum atomic E-state index is 9.86. The van der Waals surface area contributed by atoms with Crippen LogP contribution in [-0.4, -0.2) is 11.7 Å². The zero-order chi connectivity index (χ0) is 12.8. The molecule has 2 rings (SSSR count). The number of hydrogen-bond acceptors (Lipinski definition) is 3. The Morgan fingerprint density at radius 3 is 2.89 bits per heavy atom. The van der Waals surface area contributed by atoms with Crippen molar-refractivity contribution in [1.82, 2.24) is 0 Å². The molecule has 102 valence electrons. The van der Waals surface area contributed by atoms with E-state index in [1.165, 1.54) is 32.1 Å². The normalized spacial score (nSPS) is 18.8. The van der Waals surface area contributed by atoms with Gasteiger partial charge in [-0.1, -0.05) is 32.6 Å². The Morgan fingerprint density at radius 2 is 2.17 bits per heavy atom. The molecule has 0 aliphatic heterocycles. The maximum absolute atomic E-state index is 9.86. The largest absolute Gasteiger partial charge is 0.449 e. The van der Waals surface area contributed by atoms with E-state index in [-0.39, 0.29) is 6.10 Å².